The summed E-state index contributed by atoms with van der Waals surface area (Å²) in [7, 11) is 3.90. The van der Waals surface area contributed by atoms with Gasteiger partial charge in [-0.05, 0) is 50.0 Å². The van der Waals surface area contributed by atoms with E-state index in [0.717, 1.165) is 6.54 Å². The third-order valence-electron chi connectivity index (χ3n) is 5.59. The first kappa shape index (κ1) is 27.1. The second kappa shape index (κ2) is 11.2. The summed E-state index contributed by atoms with van der Waals surface area (Å²) < 4.78 is 39.6. The molecule has 0 fully saturated rings. The highest BCUT2D eigenvalue weighted by Gasteiger charge is 2.27. The molecule has 3 N–H and O–H groups in total. The number of nitrogens with one attached hydrogen (secondary N) is 1. The first-order valence-electron chi connectivity index (χ1n) is 11.6. The van der Waals surface area contributed by atoms with E-state index in [2.05, 4.69) is 20.3 Å². The molecule has 0 spiro atoms. The molecule has 2 heterocycles. The zero-order chi connectivity index (χ0) is 27.4. The number of alkyl halides is 3. The lowest BCUT2D eigenvalue weighted by Crippen LogP contribution is -2.23. The van der Waals surface area contributed by atoms with Crippen molar-refractivity contribution in [1.82, 2.24) is 19.4 Å². The summed E-state index contributed by atoms with van der Waals surface area (Å²) in [5.41, 5.74) is 8.27. The van der Waals surface area contributed by atoms with Crippen molar-refractivity contribution < 1.29 is 13.2 Å². The van der Waals surface area contributed by atoms with Crippen LogP contribution in [0.2, 0.25) is 5.02 Å². The maximum Gasteiger partial charge on any atom is 0.405 e. The number of nitrogens with zero attached hydrogens (tertiary/aromatic N) is 5. The van der Waals surface area contributed by atoms with Crippen molar-refractivity contribution in [3.05, 3.63) is 75.8 Å². The number of nitrogens with two attached hydrogens (primary N) is 1. The third kappa shape index (κ3) is 6.48. The number of pyridine rings is 1. The minimum Gasteiger partial charge on any atom is -0.398 e. The van der Waals surface area contributed by atoms with E-state index >= 15 is 0 Å². The van der Waals surface area contributed by atoms with E-state index in [4.69, 9.17) is 17.3 Å². The molecule has 0 aliphatic heterocycles. The van der Waals surface area contributed by atoms with Gasteiger partial charge in [-0.2, -0.15) is 13.2 Å². The van der Waals surface area contributed by atoms with Gasteiger partial charge in [0, 0.05) is 52.5 Å². The van der Waals surface area contributed by atoms with E-state index in [0.29, 0.717) is 39.5 Å². The Hall–Kier alpha value is -3.96. The molecule has 2 aromatic heterocycles. The topological polar surface area (TPSA) is 101 Å². The Morgan fingerprint density at radius 3 is 2.61 bits per heavy atom. The van der Waals surface area contributed by atoms with Crippen LogP contribution in [-0.4, -0.2) is 65.6 Å². The highest BCUT2D eigenvalue weighted by Crippen LogP contribution is 2.27. The fourth-order valence-corrected chi connectivity index (χ4v) is 3.81. The van der Waals surface area contributed by atoms with Crippen molar-refractivity contribution in [2.24, 2.45) is 4.99 Å². The van der Waals surface area contributed by atoms with E-state index in [1.54, 1.807) is 54.9 Å². The Morgan fingerprint density at radius 1 is 1.18 bits per heavy atom. The van der Waals surface area contributed by atoms with Crippen molar-refractivity contribution in [3.8, 4) is 16.8 Å². The third-order valence-corrected chi connectivity index (χ3v) is 5.84. The highest BCUT2D eigenvalue weighted by atomic mass is 35.5. The molecule has 2 aromatic carbocycles. The second-order valence-corrected chi connectivity index (χ2v) is 9.24. The van der Waals surface area contributed by atoms with Crippen molar-refractivity contribution in [2.75, 3.05) is 44.8 Å². The van der Waals surface area contributed by atoms with Crippen LogP contribution in [0.4, 0.5) is 24.8 Å². The SMILES string of the molecule is CN(C)CCN=Cc1cc(-n2cc3cnc(NCC(F)(F)F)nc3c(-c3ccc(Cl)cc3)c2=O)ccc1N. The molecule has 0 bridgehead atoms. The smallest absolute Gasteiger partial charge is 0.398 e. The number of aliphatic imine (C=N–C) groups is 1. The number of rotatable bonds is 8. The van der Waals surface area contributed by atoms with E-state index in [9.17, 15) is 18.0 Å². The van der Waals surface area contributed by atoms with E-state index in [-0.39, 0.29) is 17.0 Å². The zero-order valence-electron chi connectivity index (χ0n) is 20.6. The molecule has 0 unspecified atom stereocenters. The molecule has 198 valence electrons. The Morgan fingerprint density at radius 2 is 1.92 bits per heavy atom. The average Bonchev–Trinajstić information content (AvgIpc) is 2.86. The minimum atomic E-state index is -4.46. The van der Waals surface area contributed by atoms with Crippen LogP contribution >= 0.6 is 11.6 Å². The molecular weight excluding hydrogens is 519 g/mol. The predicted molar refractivity (Wildman–Crippen MR) is 146 cm³/mol. The Balaban J connectivity index is 1.85. The number of fused-ring (bicyclic) bond motifs is 1. The van der Waals surface area contributed by atoms with Gasteiger partial charge >= 0.3 is 6.18 Å². The van der Waals surface area contributed by atoms with Gasteiger partial charge in [0.25, 0.3) is 5.56 Å². The van der Waals surface area contributed by atoms with Crippen LogP contribution < -0.4 is 16.6 Å². The molecular formula is C26H25ClF3N7O. The molecule has 0 aliphatic carbocycles. The second-order valence-electron chi connectivity index (χ2n) is 8.80. The fourth-order valence-electron chi connectivity index (χ4n) is 3.68. The van der Waals surface area contributed by atoms with Crippen molar-refractivity contribution in [3.63, 3.8) is 0 Å². The quantitative estimate of drug-likeness (QED) is 0.248. The number of likely N-dealkylation sites (N-methyl/N-ethyl adjacent to an activating group) is 1. The number of anilines is 2. The summed E-state index contributed by atoms with van der Waals surface area (Å²) in [6.07, 6.45) is 0.125. The average molecular weight is 544 g/mol. The lowest BCUT2D eigenvalue weighted by atomic mass is 10.0. The molecule has 4 rings (SSSR count). The summed E-state index contributed by atoms with van der Waals surface area (Å²) in [6, 6.07) is 11.7. The molecule has 8 nitrogen and oxygen atoms in total. The minimum absolute atomic E-state index is 0.189. The van der Waals surface area contributed by atoms with Crippen LogP contribution in [0.3, 0.4) is 0 Å². The fraction of sp³-hybridized carbons (Fsp3) is 0.231. The predicted octanol–water partition coefficient (Wildman–Crippen LogP) is 4.64. The number of aromatic nitrogens is 3. The van der Waals surface area contributed by atoms with E-state index in [1.807, 2.05) is 19.0 Å². The van der Waals surface area contributed by atoms with Crippen molar-refractivity contribution in [2.45, 2.75) is 6.18 Å². The standard InChI is InChI=1S/C26H25ClF3N7O/c1-36(2)10-9-32-12-17-11-20(7-8-21(17)31)37-14-18-13-33-25(34-15-26(28,29)30)35-23(18)22(24(37)38)16-3-5-19(27)6-4-16/h3-8,11-14H,9-10,15,31H2,1-2H3,(H,34,35). The summed E-state index contributed by atoms with van der Waals surface area (Å²) in [6.45, 7) is 0.0377. The van der Waals surface area contributed by atoms with Crippen LogP contribution in [0.5, 0.6) is 0 Å². The van der Waals surface area contributed by atoms with E-state index < -0.39 is 18.3 Å². The molecule has 12 heteroatoms. The Kier molecular flexibility index (Phi) is 7.98. The first-order chi connectivity index (χ1) is 18.0. The van der Waals surface area contributed by atoms with Crippen molar-refractivity contribution in [1.29, 1.82) is 0 Å². The molecule has 0 atom stereocenters. The van der Waals surface area contributed by atoms with Crippen LogP contribution in [0.25, 0.3) is 27.7 Å². The number of hydrogen-bond donors (Lipinski definition) is 2. The van der Waals surface area contributed by atoms with Crippen molar-refractivity contribution >= 4 is 40.4 Å². The number of nitrogen functional groups attached to an aromatic ring is 1. The number of hydrogen-bond acceptors (Lipinski definition) is 7. The van der Waals surface area contributed by atoms with Gasteiger partial charge in [-0.25, -0.2) is 9.97 Å². The van der Waals surface area contributed by atoms with Gasteiger partial charge in [-0.3, -0.25) is 14.4 Å². The number of benzene rings is 2. The van der Waals surface area contributed by atoms with Gasteiger partial charge in [0.2, 0.25) is 5.95 Å². The maximum absolute atomic E-state index is 13.8. The monoisotopic (exact) mass is 543 g/mol. The van der Waals surface area contributed by atoms with Gasteiger partial charge in [-0.1, -0.05) is 23.7 Å². The summed E-state index contributed by atoms with van der Waals surface area (Å²) in [5.74, 6) is -0.245. The van der Waals surface area contributed by atoms with Crippen LogP contribution in [0.15, 0.2) is 64.6 Å². The first-order valence-corrected chi connectivity index (χ1v) is 11.9. The lowest BCUT2D eigenvalue weighted by Gasteiger charge is -2.14. The molecule has 0 aliphatic rings. The normalized spacial score (nSPS) is 12.1. The molecule has 0 amide bonds. The summed E-state index contributed by atoms with van der Waals surface area (Å²) in [5, 5.41) is 3.08. The zero-order valence-corrected chi connectivity index (χ0v) is 21.4. The van der Waals surface area contributed by atoms with Gasteiger partial charge in [0.1, 0.15) is 6.54 Å². The molecule has 0 radical (unpaired) electrons. The Labute approximate surface area is 221 Å². The summed E-state index contributed by atoms with van der Waals surface area (Å²) in [4.78, 5) is 28.5. The molecule has 4 aromatic rings. The molecule has 38 heavy (non-hydrogen) atoms. The molecule has 0 saturated carbocycles. The largest absolute Gasteiger partial charge is 0.405 e. The van der Waals surface area contributed by atoms with Crippen LogP contribution in [-0.2, 0) is 0 Å². The molecule has 0 saturated heterocycles. The lowest BCUT2D eigenvalue weighted by molar-refractivity contribution is -0.115. The van der Waals surface area contributed by atoms with Gasteiger partial charge in [-0.15, -0.1) is 0 Å². The van der Waals surface area contributed by atoms with Crippen LogP contribution in [0.1, 0.15) is 5.56 Å². The van der Waals surface area contributed by atoms with E-state index in [1.165, 1.54) is 10.8 Å². The summed E-state index contributed by atoms with van der Waals surface area (Å²) >= 11 is 6.04. The highest BCUT2D eigenvalue weighted by molar-refractivity contribution is 6.30. The van der Waals surface area contributed by atoms with Crippen LogP contribution in [0, 0.1) is 0 Å². The number of halogens is 4. The maximum atomic E-state index is 13.8. The Bertz CT molecular complexity index is 1530. The van der Waals surface area contributed by atoms with Gasteiger partial charge in [0.15, 0.2) is 0 Å². The van der Waals surface area contributed by atoms with Gasteiger partial charge in [0.05, 0.1) is 17.6 Å². The van der Waals surface area contributed by atoms with Gasteiger partial charge < -0.3 is 16.0 Å².